The van der Waals surface area contributed by atoms with Gasteiger partial charge in [0.1, 0.15) is 5.69 Å². The Kier molecular flexibility index (Phi) is 2.91. The molecule has 0 amide bonds. The van der Waals surface area contributed by atoms with Gasteiger partial charge in [-0.3, -0.25) is 9.79 Å². The number of aliphatic imine (C=N–C) groups is 1. The molecule has 1 heterocycles. The molecular formula is C12H11N3O. The largest absolute Gasteiger partial charge is 0.290 e. The lowest BCUT2D eigenvalue weighted by atomic mass is 10.2. The number of rotatable bonds is 2. The van der Waals surface area contributed by atoms with Crippen LogP contribution >= 0.6 is 0 Å². The predicted octanol–water partition coefficient (Wildman–Crippen LogP) is 1.83. The average Bonchev–Trinajstić information content (AvgIpc) is 2.32. The molecule has 4 heteroatoms. The second-order valence-corrected chi connectivity index (χ2v) is 3.39. The monoisotopic (exact) mass is 213 g/mol. The first-order valence-electron chi connectivity index (χ1n) is 4.91. The minimum Gasteiger partial charge on any atom is -0.266 e. The third-order valence-corrected chi connectivity index (χ3v) is 2.06. The summed E-state index contributed by atoms with van der Waals surface area (Å²) in [6.45, 7) is 1.80. The summed E-state index contributed by atoms with van der Waals surface area (Å²) in [6, 6.07) is 11.3. The Morgan fingerprint density at radius 1 is 1.31 bits per heavy atom. The molecule has 80 valence electrons. The maximum absolute atomic E-state index is 11.4. The Morgan fingerprint density at radius 2 is 2.06 bits per heavy atom. The van der Waals surface area contributed by atoms with Gasteiger partial charge in [-0.15, -0.1) is 0 Å². The maximum atomic E-state index is 11.4. The van der Waals surface area contributed by atoms with Crippen LogP contribution in [0.25, 0.3) is 0 Å². The van der Waals surface area contributed by atoms with Gasteiger partial charge in [0.05, 0.1) is 5.69 Å². The summed E-state index contributed by atoms with van der Waals surface area (Å²) in [7, 11) is 0. The molecule has 0 atom stereocenters. The van der Waals surface area contributed by atoms with E-state index in [0.29, 0.717) is 5.69 Å². The van der Waals surface area contributed by atoms with E-state index >= 15 is 0 Å². The first kappa shape index (κ1) is 10.3. The van der Waals surface area contributed by atoms with Crippen molar-refractivity contribution in [2.75, 3.05) is 0 Å². The van der Waals surface area contributed by atoms with Crippen molar-refractivity contribution in [3.05, 3.63) is 58.0 Å². The molecule has 4 nitrogen and oxygen atoms in total. The quantitative estimate of drug-likeness (QED) is 0.773. The molecule has 0 aliphatic rings. The van der Waals surface area contributed by atoms with E-state index in [1.807, 2.05) is 30.3 Å². The van der Waals surface area contributed by atoms with Crippen molar-refractivity contribution in [3.63, 3.8) is 0 Å². The predicted molar refractivity (Wildman–Crippen MR) is 63.3 cm³/mol. The van der Waals surface area contributed by atoms with E-state index < -0.39 is 0 Å². The zero-order valence-electron chi connectivity index (χ0n) is 8.84. The first-order valence-corrected chi connectivity index (χ1v) is 4.91. The number of nitrogens with zero attached hydrogens (tertiary/aromatic N) is 2. The fraction of sp³-hybridized carbons (Fsp3) is 0.0833. The van der Waals surface area contributed by atoms with Crippen LogP contribution in [0.3, 0.4) is 0 Å². The third kappa shape index (κ3) is 2.42. The molecule has 0 saturated heterocycles. The Balaban J connectivity index is 2.31. The minimum atomic E-state index is -0.280. The lowest BCUT2D eigenvalue weighted by Crippen LogP contribution is -2.07. The van der Waals surface area contributed by atoms with Crippen LogP contribution in [0.15, 0.2) is 46.2 Å². The maximum Gasteiger partial charge on any atom is 0.290 e. The number of nitrogens with one attached hydrogen (secondary N) is 1. The summed E-state index contributed by atoms with van der Waals surface area (Å²) in [5.41, 5.74) is 1.78. The Bertz CT molecular complexity index is 558. The molecule has 1 aromatic carbocycles. The molecule has 0 aliphatic carbocycles. The summed E-state index contributed by atoms with van der Waals surface area (Å²) in [6.07, 6.45) is 1.66. The highest BCUT2D eigenvalue weighted by Gasteiger charge is 1.97. The Hall–Kier alpha value is -2.23. The molecule has 0 radical (unpaired) electrons. The van der Waals surface area contributed by atoms with Crippen LogP contribution in [0, 0.1) is 6.92 Å². The molecule has 0 aliphatic heterocycles. The highest BCUT2D eigenvalue weighted by molar-refractivity contribution is 5.81. The van der Waals surface area contributed by atoms with Crippen LogP contribution in [0.5, 0.6) is 0 Å². The first-order chi connectivity index (χ1) is 7.75. The highest BCUT2D eigenvalue weighted by atomic mass is 16.1. The summed E-state index contributed by atoms with van der Waals surface area (Å²) in [4.78, 5) is 15.5. The van der Waals surface area contributed by atoms with E-state index in [0.717, 1.165) is 11.3 Å². The highest BCUT2D eigenvalue weighted by Crippen LogP contribution is 2.04. The standard InChI is InChI=1S/C12H11N3O/c1-9-7-11(12(16)15-14-9)13-8-10-5-3-2-4-6-10/h2-8H,1H3,(H,15,16). The number of aromatic nitrogens is 2. The molecule has 16 heavy (non-hydrogen) atoms. The van der Waals surface area contributed by atoms with Crippen molar-refractivity contribution in [2.45, 2.75) is 6.92 Å². The molecule has 0 unspecified atom stereocenters. The molecule has 0 bridgehead atoms. The third-order valence-electron chi connectivity index (χ3n) is 2.06. The van der Waals surface area contributed by atoms with E-state index in [9.17, 15) is 4.79 Å². The lowest BCUT2D eigenvalue weighted by molar-refractivity contribution is 0.945. The van der Waals surface area contributed by atoms with Crippen LogP contribution in [0.4, 0.5) is 5.69 Å². The number of hydrogen-bond donors (Lipinski definition) is 1. The second-order valence-electron chi connectivity index (χ2n) is 3.39. The summed E-state index contributed by atoms with van der Waals surface area (Å²) in [5, 5.41) is 6.17. The van der Waals surface area contributed by atoms with E-state index in [1.54, 1.807) is 19.2 Å². The van der Waals surface area contributed by atoms with Crippen LogP contribution in [-0.2, 0) is 0 Å². The van der Waals surface area contributed by atoms with Gasteiger partial charge in [-0.2, -0.15) is 5.10 Å². The number of aromatic amines is 1. The average molecular weight is 213 g/mol. The molecular weight excluding hydrogens is 202 g/mol. The van der Waals surface area contributed by atoms with Crippen LogP contribution in [0.2, 0.25) is 0 Å². The van der Waals surface area contributed by atoms with Gasteiger partial charge in [0, 0.05) is 6.21 Å². The molecule has 1 N–H and O–H groups in total. The molecule has 2 rings (SSSR count). The minimum absolute atomic E-state index is 0.280. The number of benzene rings is 1. The van der Waals surface area contributed by atoms with Gasteiger partial charge >= 0.3 is 0 Å². The van der Waals surface area contributed by atoms with Crippen molar-refractivity contribution in [1.82, 2.24) is 10.2 Å². The van der Waals surface area contributed by atoms with Gasteiger partial charge in [-0.05, 0) is 18.6 Å². The van der Waals surface area contributed by atoms with Crippen LogP contribution in [0.1, 0.15) is 11.3 Å². The molecule has 0 spiro atoms. The summed E-state index contributed by atoms with van der Waals surface area (Å²) < 4.78 is 0. The SMILES string of the molecule is Cc1cc(N=Cc2ccccc2)c(=O)[nH]n1. The summed E-state index contributed by atoms with van der Waals surface area (Å²) in [5.74, 6) is 0. The number of hydrogen-bond acceptors (Lipinski definition) is 3. The van der Waals surface area contributed by atoms with Crippen molar-refractivity contribution in [3.8, 4) is 0 Å². The second kappa shape index (κ2) is 4.53. The Morgan fingerprint density at radius 3 is 2.81 bits per heavy atom. The topological polar surface area (TPSA) is 58.1 Å². The molecule has 2 aromatic rings. The van der Waals surface area contributed by atoms with Gasteiger partial charge in [0.2, 0.25) is 0 Å². The van der Waals surface area contributed by atoms with E-state index in [-0.39, 0.29) is 5.56 Å². The fourth-order valence-electron chi connectivity index (χ4n) is 1.27. The lowest BCUT2D eigenvalue weighted by Gasteiger charge is -1.94. The van der Waals surface area contributed by atoms with E-state index in [4.69, 9.17) is 0 Å². The van der Waals surface area contributed by atoms with Crippen LogP contribution in [-0.4, -0.2) is 16.4 Å². The van der Waals surface area contributed by atoms with Gasteiger partial charge < -0.3 is 0 Å². The zero-order valence-corrected chi connectivity index (χ0v) is 8.84. The molecule has 0 saturated carbocycles. The zero-order chi connectivity index (χ0) is 11.4. The molecule has 1 aromatic heterocycles. The van der Waals surface area contributed by atoms with Crippen molar-refractivity contribution < 1.29 is 0 Å². The Labute approximate surface area is 92.7 Å². The number of H-pyrrole nitrogens is 1. The van der Waals surface area contributed by atoms with Crippen molar-refractivity contribution in [1.29, 1.82) is 0 Å². The summed E-state index contributed by atoms with van der Waals surface area (Å²) >= 11 is 0. The molecule has 0 fully saturated rings. The van der Waals surface area contributed by atoms with E-state index in [1.165, 1.54) is 0 Å². The fourth-order valence-corrected chi connectivity index (χ4v) is 1.27. The van der Waals surface area contributed by atoms with Crippen LogP contribution < -0.4 is 5.56 Å². The van der Waals surface area contributed by atoms with Gasteiger partial charge in [0.25, 0.3) is 5.56 Å². The van der Waals surface area contributed by atoms with Gasteiger partial charge in [-0.25, -0.2) is 5.10 Å². The number of aryl methyl sites for hydroxylation is 1. The van der Waals surface area contributed by atoms with Crippen molar-refractivity contribution >= 4 is 11.9 Å². The smallest absolute Gasteiger partial charge is 0.266 e. The van der Waals surface area contributed by atoms with Crippen molar-refractivity contribution in [2.24, 2.45) is 4.99 Å². The van der Waals surface area contributed by atoms with Gasteiger partial charge in [-0.1, -0.05) is 30.3 Å². The van der Waals surface area contributed by atoms with Gasteiger partial charge in [0.15, 0.2) is 0 Å². The van der Waals surface area contributed by atoms with E-state index in [2.05, 4.69) is 15.2 Å². The normalized spacial score (nSPS) is 10.8.